The molecule has 0 spiro atoms. The summed E-state index contributed by atoms with van der Waals surface area (Å²) in [5.74, 6) is 0.0590. The van der Waals surface area contributed by atoms with Gasteiger partial charge in [0.15, 0.2) is 11.6 Å². The van der Waals surface area contributed by atoms with Crippen molar-refractivity contribution in [2.24, 2.45) is 0 Å². The minimum absolute atomic E-state index is 0.320. The van der Waals surface area contributed by atoms with Gasteiger partial charge in [-0.2, -0.15) is 0 Å². The van der Waals surface area contributed by atoms with E-state index in [4.69, 9.17) is 4.74 Å². The minimum Gasteiger partial charge on any atom is -0.377 e. The molecule has 0 atom stereocenters. The van der Waals surface area contributed by atoms with Crippen LogP contribution in [0.1, 0.15) is 5.82 Å². The molecule has 0 bridgehead atoms. The molecule has 1 heterocycles. The van der Waals surface area contributed by atoms with Crippen LogP contribution in [0.4, 0.5) is 4.39 Å². The quantitative estimate of drug-likeness (QED) is 0.611. The van der Waals surface area contributed by atoms with Crippen molar-refractivity contribution >= 4 is 0 Å². The lowest BCUT2D eigenvalue weighted by Gasteiger charge is -1.94. The number of methoxy groups -OCH3 is 1. The van der Waals surface area contributed by atoms with E-state index in [2.05, 4.69) is 9.97 Å². The number of aromatic nitrogens is 2. The predicted molar refractivity (Wildman–Crippen MR) is 32.7 cm³/mol. The van der Waals surface area contributed by atoms with E-state index in [1.54, 1.807) is 0 Å². The summed E-state index contributed by atoms with van der Waals surface area (Å²) < 4.78 is 16.9. The molecular formula is C6H7FN2O. The largest absolute Gasteiger partial charge is 0.377 e. The fourth-order valence-electron chi connectivity index (χ4n) is 0.543. The molecule has 0 aliphatic heterocycles. The third kappa shape index (κ3) is 1.73. The molecule has 0 saturated heterocycles. The van der Waals surface area contributed by atoms with Crippen molar-refractivity contribution in [3.05, 3.63) is 24.0 Å². The summed E-state index contributed by atoms with van der Waals surface area (Å²) in [5.41, 5.74) is 0. The summed E-state index contributed by atoms with van der Waals surface area (Å²) in [6.07, 6.45) is 2.22. The summed E-state index contributed by atoms with van der Waals surface area (Å²) in [4.78, 5) is 7.31. The van der Waals surface area contributed by atoms with E-state index in [0.717, 1.165) is 12.4 Å². The Hall–Kier alpha value is -1.03. The fourth-order valence-corrected chi connectivity index (χ4v) is 0.543. The molecule has 1 aromatic rings. The number of hydrogen-bond donors (Lipinski definition) is 0. The van der Waals surface area contributed by atoms with E-state index in [0.29, 0.717) is 12.4 Å². The molecule has 0 N–H and O–H groups in total. The topological polar surface area (TPSA) is 35.0 Å². The third-order valence-corrected chi connectivity index (χ3v) is 0.947. The Balaban J connectivity index is 2.69. The molecule has 0 aliphatic rings. The maximum atomic E-state index is 12.2. The molecule has 0 amide bonds. The highest BCUT2D eigenvalue weighted by molar-refractivity contribution is 4.89. The van der Waals surface area contributed by atoms with Gasteiger partial charge in [-0.3, -0.25) is 0 Å². The normalized spacial score (nSPS) is 9.80. The number of ether oxygens (including phenoxy) is 1. The van der Waals surface area contributed by atoms with Gasteiger partial charge < -0.3 is 4.74 Å². The van der Waals surface area contributed by atoms with Crippen molar-refractivity contribution in [1.29, 1.82) is 0 Å². The van der Waals surface area contributed by atoms with Gasteiger partial charge in [0.25, 0.3) is 0 Å². The molecule has 0 fully saturated rings. The van der Waals surface area contributed by atoms with Crippen LogP contribution in [0.25, 0.3) is 0 Å². The Morgan fingerprint density at radius 2 is 2.10 bits per heavy atom. The second-order valence-corrected chi connectivity index (χ2v) is 1.75. The number of halogens is 1. The van der Waals surface area contributed by atoms with Crippen LogP contribution in [0.3, 0.4) is 0 Å². The van der Waals surface area contributed by atoms with Crippen molar-refractivity contribution in [1.82, 2.24) is 9.97 Å². The molecule has 1 aromatic heterocycles. The average Bonchev–Trinajstić information content (AvgIpc) is 1.95. The first kappa shape index (κ1) is 7.08. The van der Waals surface area contributed by atoms with Gasteiger partial charge in [0, 0.05) is 7.11 Å². The molecule has 0 unspecified atom stereocenters. The molecule has 10 heavy (non-hydrogen) atoms. The SMILES string of the molecule is COCc1ncc(F)cn1. The molecule has 54 valence electrons. The monoisotopic (exact) mass is 142 g/mol. The molecule has 0 aliphatic carbocycles. The zero-order valence-corrected chi connectivity index (χ0v) is 5.54. The van der Waals surface area contributed by atoms with Crippen molar-refractivity contribution < 1.29 is 9.13 Å². The van der Waals surface area contributed by atoms with E-state index in [1.807, 2.05) is 0 Å². The van der Waals surface area contributed by atoms with Gasteiger partial charge in [-0.15, -0.1) is 0 Å². The lowest BCUT2D eigenvalue weighted by atomic mass is 10.6. The van der Waals surface area contributed by atoms with Gasteiger partial charge in [0.2, 0.25) is 0 Å². The van der Waals surface area contributed by atoms with Gasteiger partial charge in [-0.1, -0.05) is 0 Å². The van der Waals surface area contributed by atoms with Crippen LogP contribution in [-0.2, 0) is 11.3 Å². The highest BCUT2D eigenvalue weighted by Crippen LogP contribution is 1.93. The number of nitrogens with zero attached hydrogens (tertiary/aromatic N) is 2. The van der Waals surface area contributed by atoms with E-state index >= 15 is 0 Å². The van der Waals surface area contributed by atoms with Crippen LogP contribution >= 0.6 is 0 Å². The van der Waals surface area contributed by atoms with E-state index in [-0.39, 0.29) is 0 Å². The smallest absolute Gasteiger partial charge is 0.159 e. The molecule has 1 rings (SSSR count). The zero-order chi connectivity index (χ0) is 7.40. The van der Waals surface area contributed by atoms with Crippen LogP contribution < -0.4 is 0 Å². The molecule has 0 radical (unpaired) electrons. The van der Waals surface area contributed by atoms with Crippen LogP contribution in [0.2, 0.25) is 0 Å². The summed E-state index contributed by atoms with van der Waals surface area (Å²) in [6, 6.07) is 0. The third-order valence-electron chi connectivity index (χ3n) is 0.947. The predicted octanol–water partition coefficient (Wildman–Crippen LogP) is 0.762. The van der Waals surface area contributed by atoms with Gasteiger partial charge in [-0.25, -0.2) is 14.4 Å². The highest BCUT2D eigenvalue weighted by atomic mass is 19.1. The number of rotatable bonds is 2. The van der Waals surface area contributed by atoms with Crippen LogP contribution in [0.15, 0.2) is 12.4 Å². The minimum atomic E-state index is -0.431. The van der Waals surface area contributed by atoms with Crippen molar-refractivity contribution in [2.75, 3.05) is 7.11 Å². The second kappa shape index (κ2) is 3.22. The fraction of sp³-hybridized carbons (Fsp3) is 0.333. The molecule has 4 heteroatoms. The Morgan fingerprint density at radius 3 is 2.60 bits per heavy atom. The van der Waals surface area contributed by atoms with E-state index < -0.39 is 5.82 Å². The summed E-state index contributed by atoms with van der Waals surface area (Å²) in [5, 5.41) is 0. The summed E-state index contributed by atoms with van der Waals surface area (Å²) >= 11 is 0. The average molecular weight is 142 g/mol. The van der Waals surface area contributed by atoms with Gasteiger partial charge >= 0.3 is 0 Å². The number of hydrogen-bond acceptors (Lipinski definition) is 3. The molecule has 0 aromatic carbocycles. The van der Waals surface area contributed by atoms with Crippen LogP contribution in [0, 0.1) is 5.82 Å². The first-order valence-corrected chi connectivity index (χ1v) is 2.78. The van der Waals surface area contributed by atoms with Gasteiger partial charge in [0.05, 0.1) is 12.4 Å². The first-order chi connectivity index (χ1) is 4.83. The molecular weight excluding hydrogens is 135 g/mol. The maximum absolute atomic E-state index is 12.2. The zero-order valence-electron chi connectivity index (χ0n) is 5.54. The van der Waals surface area contributed by atoms with E-state index in [1.165, 1.54) is 7.11 Å². The Labute approximate surface area is 57.9 Å². The molecule has 3 nitrogen and oxygen atoms in total. The van der Waals surface area contributed by atoms with Crippen molar-refractivity contribution in [2.45, 2.75) is 6.61 Å². The van der Waals surface area contributed by atoms with Crippen molar-refractivity contribution in [3.63, 3.8) is 0 Å². The molecule has 0 saturated carbocycles. The highest BCUT2D eigenvalue weighted by Gasteiger charge is 1.93. The maximum Gasteiger partial charge on any atom is 0.159 e. The lowest BCUT2D eigenvalue weighted by Crippen LogP contribution is -1.95. The summed E-state index contributed by atoms with van der Waals surface area (Å²) in [7, 11) is 1.53. The van der Waals surface area contributed by atoms with Crippen molar-refractivity contribution in [3.8, 4) is 0 Å². The Kier molecular flexibility index (Phi) is 2.28. The van der Waals surface area contributed by atoms with Crippen LogP contribution in [0.5, 0.6) is 0 Å². The van der Waals surface area contributed by atoms with Gasteiger partial charge in [-0.05, 0) is 0 Å². The second-order valence-electron chi connectivity index (χ2n) is 1.75. The first-order valence-electron chi connectivity index (χ1n) is 2.78. The summed E-state index contributed by atoms with van der Waals surface area (Å²) in [6.45, 7) is 0.320. The van der Waals surface area contributed by atoms with E-state index in [9.17, 15) is 4.39 Å². The Bertz CT molecular complexity index is 199. The standard InChI is InChI=1S/C6H7FN2O/c1-10-4-6-8-2-5(7)3-9-6/h2-3H,4H2,1H3. The lowest BCUT2D eigenvalue weighted by molar-refractivity contribution is 0.177. The van der Waals surface area contributed by atoms with Crippen LogP contribution in [-0.4, -0.2) is 17.1 Å². The Morgan fingerprint density at radius 1 is 1.50 bits per heavy atom. The van der Waals surface area contributed by atoms with Gasteiger partial charge in [0.1, 0.15) is 6.61 Å².